The van der Waals surface area contributed by atoms with E-state index in [0.717, 1.165) is 18.4 Å². The summed E-state index contributed by atoms with van der Waals surface area (Å²) >= 11 is 0. The van der Waals surface area contributed by atoms with E-state index < -0.39 is 5.92 Å². The van der Waals surface area contributed by atoms with Crippen molar-refractivity contribution in [1.82, 2.24) is 10.2 Å². The lowest BCUT2D eigenvalue weighted by atomic mass is 9.88. The number of likely N-dealkylation sites (tertiary alicyclic amines) is 1. The summed E-state index contributed by atoms with van der Waals surface area (Å²) in [6.07, 6.45) is 1.89. The molecular formula is C26H34N2O6. The van der Waals surface area contributed by atoms with Crippen molar-refractivity contribution in [2.75, 3.05) is 48.1 Å². The topological polar surface area (TPSA) is 86.3 Å². The molecule has 1 aliphatic heterocycles. The number of carbonyl (C=O) groups is 2. The Morgan fingerprint density at radius 1 is 0.971 bits per heavy atom. The number of nitrogens with zero attached hydrogens (tertiary/aromatic N) is 1. The Kier molecular flexibility index (Phi) is 8.62. The fourth-order valence-electron chi connectivity index (χ4n) is 4.35. The number of amides is 2. The quantitative estimate of drug-likeness (QED) is 0.535. The minimum Gasteiger partial charge on any atom is -0.497 e. The van der Waals surface area contributed by atoms with Crippen LogP contribution in [0, 0.1) is 5.92 Å². The van der Waals surface area contributed by atoms with Gasteiger partial charge in [-0.2, -0.15) is 0 Å². The largest absolute Gasteiger partial charge is 0.497 e. The van der Waals surface area contributed by atoms with Gasteiger partial charge in [0.1, 0.15) is 5.75 Å². The van der Waals surface area contributed by atoms with Crippen LogP contribution >= 0.6 is 0 Å². The maximum Gasteiger partial charge on any atom is 0.254 e. The summed E-state index contributed by atoms with van der Waals surface area (Å²) in [7, 11) is 6.23. The van der Waals surface area contributed by atoms with E-state index in [1.807, 2.05) is 12.1 Å². The molecule has 8 nitrogen and oxygen atoms in total. The van der Waals surface area contributed by atoms with Crippen LogP contribution in [-0.2, 0) is 4.79 Å². The summed E-state index contributed by atoms with van der Waals surface area (Å²) in [5.41, 5.74) is 1.38. The zero-order chi connectivity index (χ0) is 24.7. The fraction of sp³-hybridized carbons (Fsp3) is 0.462. The first-order chi connectivity index (χ1) is 16.5. The number of rotatable bonds is 10. The van der Waals surface area contributed by atoms with Gasteiger partial charge in [0.15, 0.2) is 11.5 Å². The SMILES string of the molecule is CCCCNC(=O)[C@@H]1CN(C(=O)c2cccc(OC)c2)C[C@H]1c1cc(OC)c(OC)c(OC)c1. The van der Waals surface area contributed by atoms with E-state index in [0.29, 0.717) is 48.2 Å². The summed E-state index contributed by atoms with van der Waals surface area (Å²) in [4.78, 5) is 28.3. The van der Waals surface area contributed by atoms with Gasteiger partial charge >= 0.3 is 0 Å². The van der Waals surface area contributed by atoms with Crippen LogP contribution in [0.4, 0.5) is 0 Å². The van der Waals surface area contributed by atoms with Crippen LogP contribution in [0.2, 0.25) is 0 Å². The van der Waals surface area contributed by atoms with Crippen molar-refractivity contribution in [2.45, 2.75) is 25.7 Å². The first-order valence-electron chi connectivity index (χ1n) is 11.5. The number of hydrogen-bond acceptors (Lipinski definition) is 6. The van der Waals surface area contributed by atoms with Crippen LogP contribution in [0.5, 0.6) is 23.0 Å². The molecule has 3 rings (SSSR count). The van der Waals surface area contributed by atoms with Crippen LogP contribution in [0.15, 0.2) is 36.4 Å². The molecule has 0 saturated carbocycles. The predicted octanol–water partition coefficient (Wildman–Crippen LogP) is 3.49. The molecule has 0 unspecified atom stereocenters. The number of carbonyl (C=O) groups excluding carboxylic acids is 2. The third-order valence-electron chi connectivity index (χ3n) is 6.21. The van der Waals surface area contributed by atoms with Crippen molar-refractivity contribution < 1.29 is 28.5 Å². The van der Waals surface area contributed by atoms with Crippen LogP contribution in [0.25, 0.3) is 0 Å². The van der Waals surface area contributed by atoms with E-state index >= 15 is 0 Å². The van der Waals surface area contributed by atoms with Crippen LogP contribution < -0.4 is 24.3 Å². The highest BCUT2D eigenvalue weighted by Crippen LogP contribution is 2.43. The van der Waals surface area contributed by atoms with Gasteiger partial charge in [-0.25, -0.2) is 0 Å². The standard InChI is InChI=1S/C26H34N2O6/c1-6-7-11-27-25(29)21-16-28(26(30)17-9-8-10-19(12-17)31-2)15-20(21)18-13-22(32-3)24(34-5)23(14-18)33-4/h8-10,12-14,20-21H,6-7,11,15-16H2,1-5H3,(H,27,29)/t20-,21+/m0/s1. The number of ether oxygens (including phenoxy) is 4. The van der Waals surface area contributed by atoms with E-state index in [2.05, 4.69) is 12.2 Å². The molecule has 1 heterocycles. The zero-order valence-corrected chi connectivity index (χ0v) is 20.6. The van der Waals surface area contributed by atoms with Gasteiger partial charge in [-0.05, 0) is 42.3 Å². The number of methoxy groups -OCH3 is 4. The maximum absolute atomic E-state index is 13.3. The summed E-state index contributed by atoms with van der Waals surface area (Å²) in [5.74, 6) is 1.28. The summed E-state index contributed by atoms with van der Waals surface area (Å²) < 4.78 is 21.8. The number of benzene rings is 2. The fourth-order valence-corrected chi connectivity index (χ4v) is 4.35. The van der Waals surface area contributed by atoms with Gasteiger partial charge in [-0.15, -0.1) is 0 Å². The van der Waals surface area contributed by atoms with E-state index in [9.17, 15) is 9.59 Å². The third kappa shape index (κ3) is 5.38. The molecule has 1 saturated heterocycles. The lowest BCUT2D eigenvalue weighted by Gasteiger charge is -2.21. The minimum atomic E-state index is -0.408. The Labute approximate surface area is 201 Å². The Bertz CT molecular complexity index is 984. The number of hydrogen-bond donors (Lipinski definition) is 1. The molecule has 1 N–H and O–H groups in total. The average molecular weight is 471 g/mol. The molecule has 0 radical (unpaired) electrons. The highest BCUT2D eigenvalue weighted by molar-refractivity contribution is 5.95. The van der Waals surface area contributed by atoms with E-state index in [1.54, 1.807) is 57.6 Å². The Morgan fingerprint density at radius 3 is 2.26 bits per heavy atom. The molecule has 1 fully saturated rings. The highest BCUT2D eigenvalue weighted by Gasteiger charge is 2.41. The van der Waals surface area contributed by atoms with Crippen LogP contribution in [0.3, 0.4) is 0 Å². The van der Waals surface area contributed by atoms with Gasteiger partial charge in [0.05, 0.1) is 34.4 Å². The molecule has 2 atom stereocenters. The second-order valence-electron chi connectivity index (χ2n) is 8.26. The smallest absolute Gasteiger partial charge is 0.254 e. The van der Waals surface area contributed by atoms with Crippen LogP contribution in [-0.4, -0.2) is 64.8 Å². The average Bonchev–Trinajstić information content (AvgIpc) is 3.33. The molecule has 8 heteroatoms. The molecule has 184 valence electrons. The lowest BCUT2D eigenvalue weighted by Crippen LogP contribution is -2.36. The third-order valence-corrected chi connectivity index (χ3v) is 6.21. The Hall–Kier alpha value is -3.42. The number of unbranched alkanes of at least 4 members (excludes halogenated alkanes) is 1. The van der Waals surface area contributed by atoms with Crippen molar-refractivity contribution in [2.24, 2.45) is 5.92 Å². The predicted molar refractivity (Wildman–Crippen MR) is 129 cm³/mol. The Morgan fingerprint density at radius 2 is 1.68 bits per heavy atom. The van der Waals surface area contributed by atoms with Crippen molar-refractivity contribution in [1.29, 1.82) is 0 Å². The molecular weight excluding hydrogens is 436 g/mol. The van der Waals surface area contributed by atoms with Gasteiger partial charge in [-0.1, -0.05) is 19.4 Å². The van der Waals surface area contributed by atoms with Crippen molar-refractivity contribution >= 4 is 11.8 Å². The second kappa shape index (κ2) is 11.6. The van der Waals surface area contributed by atoms with E-state index in [-0.39, 0.29) is 17.7 Å². The van der Waals surface area contributed by atoms with Crippen molar-refractivity contribution in [3.63, 3.8) is 0 Å². The second-order valence-corrected chi connectivity index (χ2v) is 8.26. The van der Waals surface area contributed by atoms with E-state index in [1.165, 1.54) is 0 Å². The minimum absolute atomic E-state index is 0.0619. The van der Waals surface area contributed by atoms with Gasteiger partial charge in [0, 0.05) is 31.1 Å². The highest BCUT2D eigenvalue weighted by atomic mass is 16.5. The summed E-state index contributed by atoms with van der Waals surface area (Å²) in [6, 6.07) is 10.8. The maximum atomic E-state index is 13.3. The van der Waals surface area contributed by atoms with Gasteiger partial charge < -0.3 is 29.2 Å². The zero-order valence-electron chi connectivity index (χ0n) is 20.6. The summed E-state index contributed by atoms with van der Waals surface area (Å²) in [5, 5.41) is 3.04. The van der Waals surface area contributed by atoms with Crippen molar-refractivity contribution in [3.05, 3.63) is 47.5 Å². The Balaban J connectivity index is 1.95. The monoisotopic (exact) mass is 470 g/mol. The first-order valence-corrected chi connectivity index (χ1v) is 11.5. The van der Waals surface area contributed by atoms with Gasteiger partial charge in [0.2, 0.25) is 11.7 Å². The molecule has 1 aliphatic rings. The summed E-state index contributed by atoms with van der Waals surface area (Å²) in [6.45, 7) is 3.39. The normalized spacial score (nSPS) is 17.3. The first kappa shape index (κ1) is 25.2. The van der Waals surface area contributed by atoms with Crippen LogP contribution in [0.1, 0.15) is 41.6 Å². The molecule has 34 heavy (non-hydrogen) atoms. The van der Waals surface area contributed by atoms with E-state index in [4.69, 9.17) is 18.9 Å². The van der Waals surface area contributed by atoms with Gasteiger partial charge in [0.25, 0.3) is 5.91 Å². The molecule has 2 aromatic carbocycles. The van der Waals surface area contributed by atoms with Crippen molar-refractivity contribution in [3.8, 4) is 23.0 Å². The molecule has 0 spiro atoms. The number of nitrogens with one attached hydrogen (secondary N) is 1. The lowest BCUT2D eigenvalue weighted by molar-refractivity contribution is -0.124. The molecule has 2 amide bonds. The molecule has 0 bridgehead atoms. The van der Waals surface area contributed by atoms with Gasteiger partial charge in [-0.3, -0.25) is 9.59 Å². The molecule has 2 aromatic rings. The molecule has 0 aliphatic carbocycles. The molecule has 0 aromatic heterocycles.